The monoisotopic (exact) mass is 323 g/mol. The Hall–Kier alpha value is -2.89. The van der Waals surface area contributed by atoms with Crippen LogP contribution >= 0.6 is 0 Å². The molecule has 0 saturated heterocycles. The molecule has 24 heavy (non-hydrogen) atoms. The Morgan fingerprint density at radius 2 is 2.08 bits per heavy atom. The molecule has 3 rings (SSSR count). The molecule has 0 radical (unpaired) electrons. The van der Waals surface area contributed by atoms with Crippen LogP contribution in [0.3, 0.4) is 0 Å². The number of nitrogens with one attached hydrogen (secondary N) is 2. The lowest BCUT2D eigenvalue weighted by Gasteiger charge is -2.15. The number of amides is 1. The quantitative estimate of drug-likeness (QED) is 0.756. The van der Waals surface area contributed by atoms with Gasteiger partial charge in [-0.05, 0) is 44.2 Å². The Morgan fingerprint density at radius 3 is 2.71 bits per heavy atom. The van der Waals surface area contributed by atoms with Gasteiger partial charge >= 0.3 is 0 Å². The van der Waals surface area contributed by atoms with Crippen molar-refractivity contribution in [2.75, 3.05) is 5.32 Å². The predicted octanol–water partition coefficient (Wildman–Crippen LogP) is 3.34. The Morgan fingerprint density at radius 1 is 1.33 bits per heavy atom. The standard InChI is InChI=1S/C18H21N5O/c1-12-10-17(22-21-12)11-13(2)23-9-8-19-18(23)15-4-6-16(7-5-15)20-14(3)24/h4-10,13H,11H2,1-3H3,(H,20,24)(H,21,22). The number of imidazole rings is 1. The molecule has 124 valence electrons. The van der Waals surface area contributed by atoms with E-state index in [2.05, 4.69) is 38.1 Å². The van der Waals surface area contributed by atoms with E-state index in [-0.39, 0.29) is 11.9 Å². The summed E-state index contributed by atoms with van der Waals surface area (Å²) in [6, 6.07) is 10.0. The van der Waals surface area contributed by atoms with Crippen molar-refractivity contribution in [1.82, 2.24) is 19.7 Å². The van der Waals surface area contributed by atoms with Crippen LogP contribution in [0.2, 0.25) is 0 Å². The van der Waals surface area contributed by atoms with Gasteiger partial charge in [-0.2, -0.15) is 5.10 Å². The molecule has 0 bridgehead atoms. The van der Waals surface area contributed by atoms with Crippen LogP contribution in [-0.4, -0.2) is 25.7 Å². The van der Waals surface area contributed by atoms with Crippen LogP contribution in [0.15, 0.2) is 42.7 Å². The Labute approximate surface area is 140 Å². The zero-order valence-corrected chi connectivity index (χ0v) is 14.1. The second kappa shape index (κ2) is 6.70. The Kier molecular flexibility index (Phi) is 4.46. The van der Waals surface area contributed by atoms with Gasteiger partial charge in [-0.25, -0.2) is 4.98 Å². The highest BCUT2D eigenvalue weighted by molar-refractivity contribution is 5.88. The zero-order valence-electron chi connectivity index (χ0n) is 14.1. The molecule has 2 aromatic heterocycles. The van der Waals surface area contributed by atoms with Crippen LogP contribution < -0.4 is 5.32 Å². The average molecular weight is 323 g/mol. The minimum Gasteiger partial charge on any atom is -0.328 e. The number of carbonyl (C=O) groups is 1. The molecule has 0 aliphatic carbocycles. The number of aryl methyl sites for hydroxylation is 1. The highest BCUT2D eigenvalue weighted by atomic mass is 16.1. The fourth-order valence-corrected chi connectivity index (χ4v) is 2.78. The van der Waals surface area contributed by atoms with Crippen molar-refractivity contribution in [3.8, 4) is 11.4 Å². The Balaban J connectivity index is 1.80. The van der Waals surface area contributed by atoms with E-state index in [0.717, 1.165) is 34.9 Å². The van der Waals surface area contributed by atoms with E-state index < -0.39 is 0 Å². The summed E-state index contributed by atoms with van der Waals surface area (Å²) >= 11 is 0. The third-order valence-electron chi connectivity index (χ3n) is 3.87. The SMILES string of the molecule is CC(=O)Nc1ccc(-c2nccn2C(C)Cc2cc(C)[nH]n2)cc1. The maximum atomic E-state index is 11.1. The highest BCUT2D eigenvalue weighted by Crippen LogP contribution is 2.24. The maximum Gasteiger partial charge on any atom is 0.221 e. The highest BCUT2D eigenvalue weighted by Gasteiger charge is 2.13. The van der Waals surface area contributed by atoms with Crippen molar-refractivity contribution in [3.05, 3.63) is 54.1 Å². The molecule has 1 atom stereocenters. The van der Waals surface area contributed by atoms with Crippen molar-refractivity contribution < 1.29 is 4.79 Å². The Bertz CT molecular complexity index is 831. The van der Waals surface area contributed by atoms with E-state index >= 15 is 0 Å². The molecule has 0 aliphatic heterocycles. The first kappa shape index (κ1) is 16.0. The van der Waals surface area contributed by atoms with Crippen LogP contribution in [-0.2, 0) is 11.2 Å². The van der Waals surface area contributed by atoms with Gasteiger partial charge in [0, 0.05) is 48.7 Å². The van der Waals surface area contributed by atoms with Gasteiger partial charge in [0.1, 0.15) is 5.82 Å². The first-order chi connectivity index (χ1) is 11.5. The number of H-pyrrole nitrogens is 1. The molecule has 6 heteroatoms. The van der Waals surface area contributed by atoms with Gasteiger partial charge in [-0.1, -0.05) is 0 Å². The summed E-state index contributed by atoms with van der Waals surface area (Å²) in [5.74, 6) is 0.830. The van der Waals surface area contributed by atoms with Gasteiger partial charge in [0.25, 0.3) is 0 Å². The number of aromatic nitrogens is 4. The fraction of sp³-hybridized carbons (Fsp3) is 0.278. The first-order valence-electron chi connectivity index (χ1n) is 7.94. The van der Waals surface area contributed by atoms with Crippen molar-refractivity contribution in [2.24, 2.45) is 0 Å². The van der Waals surface area contributed by atoms with Gasteiger partial charge in [0.05, 0.1) is 5.69 Å². The van der Waals surface area contributed by atoms with Crippen molar-refractivity contribution in [2.45, 2.75) is 33.2 Å². The van der Waals surface area contributed by atoms with Crippen LogP contribution in [0.4, 0.5) is 5.69 Å². The van der Waals surface area contributed by atoms with Crippen molar-refractivity contribution in [1.29, 1.82) is 0 Å². The molecular weight excluding hydrogens is 302 g/mol. The zero-order chi connectivity index (χ0) is 17.1. The number of aromatic amines is 1. The molecule has 1 unspecified atom stereocenters. The summed E-state index contributed by atoms with van der Waals surface area (Å²) in [6.45, 7) is 5.65. The van der Waals surface area contributed by atoms with Crippen LogP contribution in [0.5, 0.6) is 0 Å². The van der Waals surface area contributed by atoms with E-state index in [9.17, 15) is 4.79 Å². The van der Waals surface area contributed by atoms with Gasteiger partial charge in [-0.15, -0.1) is 0 Å². The van der Waals surface area contributed by atoms with E-state index in [0.29, 0.717) is 0 Å². The molecule has 0 fully saturated rings. The normalized spacial score (nSPS) is 12.1. The van der Waals surface area contributed by atoms with Crippen LogP contribution in [0.1, 0.15) is 31.3 Å². The lowest BCUT2D eigenvalue weighted by Crippen LogP contribution is -2.09. The number of rotatable bonds is 5. The second-order valence-electron chi connectivity index (χ2n) is 6.01. The van der Waals surface area contributed by atoms with E-state index in [1.807, 2.05) is 43.6 Å². The molecular formula is C18H21N5O. The number of anilines is 1. The lowest BCUT2D eigenvalue weighted by atomic mass is 10.1. The van der Waals surface area contributed by atoms with E-state index in [1.165, 1.54) is 6.92 Å². The minimum atomic E-state index is -0.0767. The van der Waals surface area contributed by atoms with Crippen LogP contribution in [0, 0.1) is 6.92 Å². The number of nitrogens with zero attached hydrogens (tertiary/aromatic N) is 3. The lowest BCUT2D eigenvalue weighted by molar-refractivity contribution is -0.114. The van der Waals surface area contributed by atoms with Crippen LogP contribution in [0.25, 0.3) is 11.4 Å². The molecule has 0 aliphatic rings. The van der Waals surface area contributed by atoms with Gasteiger partial charge in [-0.3, -0.25) is 9.89 Å². The summed E-state index contributed by atoms with van der Waals surface area (Å²) in [7, 11) is 0. The molecule has 1 amide bonds. The largest absolute Gasteiger partial charge is 0.328 e. The van der Waals surface area contributed by atoms with Gasteiger partial charge in [0.15, 0.2) is 0 Å². The molecule has 0 saturated carbocycles. The number of hydrogen-bond acceptors (Lipinski definition) is 3. The molecule has 2 heterocycles. The summed E-state index contributed by atoms with van der Waals surface area (Å²) in [5.41, 5.74) is 3.90. The molecule has 0 spiro atoms. The summed E-state index contributed by atoms with van der Waals surface area (Å²) in [5, 5.41) is 10.1. The first-order valence-corrected chi connectivity index (χ1v) is 7.94. The van der Waals surface area contributed by atoms with E-state index in [4.69, 9.17) is 0 Å². The third-order valence-corrected chi connectivity index (χ3v) is 3.87. The molecule has 6 nitrogen and oxygen atoms in total. The van der Waals surface area contributed by atoms with E-state index in [1.54, 1.807) is 0 Å². The number of hydrogen-bond donors (Lipinski definition) is 2. The minimum absolute atomic E-state index is 0.0767. The van der Waals surface area contributed by atoms with Gasteiger partial charge in [0.2, 0.25) is 5.91 Å². The summed E-state index contributed by atoms with van der Waals surface area (Å²) in [6.07, 6.45) is 4.63. The van der Waals surface area contributed by atoms with Crippen molar-refractivity contribution in [3.63, 3.8) is 0 Å². The second-order valence-corrected chi connectivity index (χ2v) is 6.01. The number of benzene rings is 1. The topological polar surface area (TPSA) is 75.6 Å². The number of carbonyl (C=O) groups excluding carboxylic acids is 1. The van der Waals surface area contributed by atoms with Gasteiger partial charge < -0.3 is 9.88 Å². The summed E-state index contributed by atoms with van der Waals surface area (Å²) in [4.78, 5) is 15.6. The molecule has 1 aromatic carbocycles. The third kappa shape index (κ3) is 3.53. The molecule has 2 N–H and O–H groups in total. The fourth-order valence-electron chi connectivity index (χ4n) is 2.78. The average Bonchev–Trinajstić information content (AvgIpc) is 3.16. The summed E-state index contributed by atoms with van der Waals surface area (Å²) < 4.78 is 2.15. The maximum absolute atomic E-state index is 11.1. The predicted molar refractivity (Wildman–Crippen MR) is 93.7 cm³/mol. The smallest absolute Gasteiger partial charge is 0.221 e. The molecule has 3 aromatic rings. The van der Waals surface area contributed by atoms with Crippen molar-refractivity contribution >= 4 is 11.6 Å².